The van der Waals surface area contributed by atoms with Crippen LogP contribution in [0.3, 0.4) is 0 Å². The third-order valence-corrected chi connectivity index (χ3v) is 4.47. The van der Waals surface area contributed by atoms with Gasteiger partial charge in [0, 0.05) is 17.0 Å². The molecule has 6 heteroatoms. The van der Waals surface area contributed by atoms with Crippen LogP contribution < -0.4 is 10.9 Å². The number of benzene rings is 3. The Hall–Kier alpha value is -3.44. The van der Waals surface area contributed by atoms with Crippen molar-refractivity contribution in [1.82, 2.24) is 15.4 Å². The second kappa shape index (κ2) is 8.06. The van der Waals surface area contributed by atoms with E-state index in [1.54, 1.807) is 24.3 Å². The molecule has 28 heavy (non-hydrogen) atoms. The topological polar surface area (TPSA) is 66.9 Å². The van der Waals surface area contributed by atoms with E-state index in [2.05, 4.69) is 15.8 Å². The van der Waals surface area contributed by atoms with E-state index in [0.29, 0.717) is 22.8 Å². The van der Waals surface area contributed by atoms with Crippen LogP contribution in [0.4, 0.5) is 5.82 Å². The van der Waals surface area contributed by atoms with Gasteiger partial charge in [0.2, 0.25) is 0 Å². The van der Waals surface area contributed by atoms with E-state index in [0.717, 1.165) is 22.3 Å². The van der Waals surface area contributed by atoms with Gasteiger partial charge in [0.25, 0.3) is 5.91 Å². The lowest BCUT2D eigenvalue weighted by Crippen LogP contribution is -2.30. The van der Waals surface area contributed by atoms with Crippen LogP contribution >= 0.6 is 11.6 Å². The number of nitrogens with zero attached hydrogens (tertiary/aromatic N) is 2. The summed E-state index contributed by atoms with van der Waals surface area (Å²) in [7, 11) is 0. The Balaban J connectivity index is 1.62. The third-order valence-electron chi connectivity index (χ3n) is 4.24. The fraction of sp³-hybridized carbons (Fsp3) is 0.0455. The lowest BCUT2D eigenvalue weighted by molar-refractivity contribution is 0.0962. The van der Waals surface area contributed by atoms with E-state index in [1.807, 2.05) is 54.6 Å². The van der Waals surface area contributed by atoms with Crippen molar-refractivity contribution in [2.45, 2.75) is 6.42 Å². The molecule has 0 saturated heterocycles. The molecule has 4 rings (SSSR count). The number of amides is 1. The van der Waals surface area contributed by atoms with Crippen molar-refractivity contribution in [2.75, 3.05) is 5.43 Å². The van der Waals surface area contributed by atoms with Crippen LogP contribution in [0.1, 0.15) is 21.6 Å². The Morgan fingerprint density at radius 1 is 0.857 bits per heavy atom. The normalized spacial score (nSPS) is 10.6. The molecule has 0 aliphatic heterocycles. The molecule has 0 aliphatic rings. The van der Waals surface area contributed by atoms with Crippen molar-refractivity contribution >= 4 is 34.4 Å². The molecule has 0 aliphatic carbocycles. The number of halogens is 1. The van der Waals surface area contributed by atoms with Crippen LogP contribution in [0.15, 0.2) is 78.9 Å². The van der Waals surface area contributed by atoms with Crippen molar-refractivity contribution in [2.24, 2.45) is 0 Å². The number of anilines is 1. The SMILES string of the molecule is O=C(NNc1nc2ccccc2nc1Cc1ccccc1)c1cccc(Cl)c1. The summed E-state index contributed by atoms with van der Waals surface area (Å²) >= 11 is 5.96. The molecular formula is C22H17ClN4O. The van der Waals surface area contributed by atoms with Crippen molar-refractivity contribution < 1.29 is 4.79 Å². The Bertz CT molecular complexity index is 1130. The number of para-hydroxylation sites is 2. The number of hydrazine groups is 1. The van der Waals surface area contributed by atoms with Gasteiger partial charge < -0.3 is 0 Å². The standard InChI is InChI=1S/C22H17ClN4O/c23-17-10-6-9-16(14-17)22(28)27-26-21-20(13-15-7-2-1-3-8-15)24-18-11-4-5-12-19(18)25-21/h1-12,14H,13H2,(H,25,26)(H,27,28). The molecule has 0 saturated carbocycles. The number of carbonyl (C=O) groups is 1. The molecule has 0 bridgehead atoms. The van der Waals surface area contributed by atoms with Gasteiger partial charge in [-0.3, -0.25) is 15.6 Å². The molecule has 0 unspecified atom stereocenters. The summed E-state index contributed by atoms with van der Waals surface area (Å²) in [6.07, 6.45) is 0.591. The lowest BCUT2D eigenvalue weighted by Gasteiger charge is -2.13. The Morgan fingerprint density at radius 3 is 2.32 bits per heavy atom. The molecule has 4 aromatic rings. The van der Waals surface area contributed by atoms with Crippen molar-refractivity contribution in [3.8, 4) is 0 Å². The number of hydrogen-bond acceptors (Lipinski definition) is 4. The maximum atomic E-state index is 12.4. The first-order chi connectivity index (χ1) is 13.7. The zero-order valence-corrected chi connectivity index (χ0v) is 15.6. The van der Waals surface area contributed by atoms with E-state index < -0.39 is 0 Å². The predicted molar refractivity (Wildman–Crippen MR) is 111 cm³/mol. The van der Waals surface area contributed by atoms with E-state index in [9.17, 15) is 4.79 Å². The highest BCUT2D eigenvalue weighted by Gasteiger charge is 2.12. The molecule has 0 radical (unpaired) electrons. The third kappa shape index (κ3) is 4.10. The van der Waals surface area contributed by atoms with Gasteiger partial charge in [-0.05, 0) is 35.9 Å². The summed E-state index contributed by atoms with van der Waals surface area (Å²) in [6, 6.07) is 24.4. The number of carbonyl (C=O) groups excluding carboxylic acids is 1. The molecule has 0 fully saturated rings. The monoisotopic (exact) mass is 388 g/mol. The van der Waals surface area contributed by atoms with Crippen molar-refractivity contribution in [3.05, 3.63) is 101 Å². The predicted octanol–water partition coefficient (Wildman–Crippen LogP) is 4.63. The fourth-order valence-electron chi connectivity index (χ4n) is 2.87. The van der Waals surface area contributed by atoms with Gasteiger partial charge in [-0.1, -0.05) is 60.1 Å². The highest BCUT2D eigenvalue weighted by atomic mass is 35.5. The van der Waals surface area contributed by atoms with Gasteiger partial charge in [0.15, 0.2) is 5.82 Å². The number of nitrogens with one attached hydrogen (secondary N) is 2. The molecule has 5 nitrogen and oxygen atoms in total. The van der Waals surface area contributed by atoms with Gasteiger partial charge in [0.1, 0.15) is 0 Å². The van der Waals surface area contributed by atoms with Gasteiger partial charge >= 0.3 is 0 Å². The Morgan fingerprint density at radius 2 is 1.57 bits per heavy atom. The lowest BCUT2D eigenvalue weighted by atomic mass is 10.1. The maximum Gasteiger partial charge on any atom is 0.269 e. The second-order valence-electron chi connectivity index (χ2n) is 6.26. The molecular weight excluding hydrogens is 372 g/mol. The summed E-state index contributed by atoms with van der Waals surface area (Å²) in [5.74, 6) is 0.209. The van der Waals surface area contributed by atoms with Gasteiger partial charge in [0.05, 0.1) is 16.7 Å². The van der Waals surface area contributed by atoms with Crippen LogP contribution in [0.25, 0.3) is 11.0 Å². The smallest absolute Gasteiger partial charge is 0.269 e. The highest BCUT2D eigenvalue weighted by Crippen LogP contribution is 2.19. The minimum absolute atomic E-state index is 0.303. The zero-order chi connectivity index (χ0) is 19.3. The summed E-state index contributed by atoms with van der Waals surface area (Å²) in [6.45, 7) is 0. The molecule has 138 valence electrons. The zero-order valence-electron chi connectivity index (χ0n) is 14.9. The summed E-state index contributed by atoms with van der Waals surface area (Å²) in [5.41, 5.74) is 9.48. The highest BCUT2D eigenvalue weighted by molar-refractivity contribution is 6.30. The first-order valence-corrected chi connectivity index (χ1v) is 9.18. The number of aromatic nitrogens is 2. The van der Waals surface area contributed by atoms with E-state index in [-0.39, 0.29) is 5.91 Å². The number of fused-ring (bicyclic) bond motifs is 1. The molecule has 0 atom stereocenters. The molecule has 0 spiro atoms. The molecule has 1 heterocycles. The molecule has 1 aromatic heterocycles. The summed E-state index contributed by atoms with van der Waals surface area (Å²) in [4.78, 5) is 21.8. The first kappa shape index (κ1) is 17.9. The van der Waals surface area contributed by atoms with Crippen LogP contribution in [-0.2, 0) is 6.42 Å². The van der Waals surface area contributed by atoms with Gasteiger partial charge in [-0.2, -0.15) is 0 Å². The van der Waals surface area contributed by atoms with Crippen LogP contribution in [-0.4, -0.2) is 15.9 Å². The fourth-order valence-corrected chi connectivity index (χ4v) is 3.06. The van der Waals surface area contributed by atoms with Gasteiger partial charge in [-0.15, -0.1) is 0 Å². The van der Waals surface area contributed by atoms with Crippen molar-refractivity contribution in [1.29, 1.82) is 0 Å². The van der Waals surface area contributed by atoms with E-state index in [1.165, 1.54) is 0 Å². The molecule has 3 aromatic carbocycles. The van der Waals surface area contributed by atoms with Crippen molar-refractivity contribution in [3.63, 3.8) is 0 Å². The minimum atomic E-state index is -0.303. The Labute approximate surface area is 167 Å². The second-order valence-corrected chi connectivity index (χ2v) is 6.70. The van der Waals surface area contributed by atoms with Gasteiger partial charge in [-0.25, -0.2) is 9.97 Å². The van der Waals surface area contributed by atoms with Crippen LogP contribution in [0, 0.1) is 0 Å². The largest absolute Gasteiger partial charge is 0.280 e. The number of hydrogen-bond donors (Lipinski definition) is 2. The Kier molecular flexibility index (Phi) is 5.17. The summed E-state index contributed by atoms with van der Waals surface area (Å²) < 4.78 is 0. The first-order valence-electron chi connectivity index (χ1n) is 8.80. The van der Waals surface area contributed by atoms with E-state index >= 15 is 0 Å². The van der Waals surface area contributed by atoms with E-state index in [4.69, 9.17) is 16.6 Å². The van der Waals surface area contributed by atoms with Crippen LogP contribution in [0.2, 0.25) is 5.02 Å². The number of rotatable bonds is 5. The minimum Gasteiger partial charge on any atom is -0.280 e. The average Bonchev–Trinajstić information content (AvgIpc) is 2.72. The average molecular weight is 389 g/mol. The summed E-state index contributed by atoms with van der Waals surface area (Å²) in [5, 5.41) is 0.503. The quantitative estimate of drug-likeness (QED) is 0.489. The molecule has 2 N–H and O–H groups in total. The van der Waals surface area contributed by atoms with Crippen LogP contribution in [0.5, 0.6) is 0 Å². The molecule has 1 amide bonds. The maximum absolute atomic E-state index is 12.4.